The van der Waals surface area contributed by atoms with Crippen LogP contribution >= 0.6 is 23.4 Å². The second kappa shape index (κ2) is 14.1. The van der Waals surface area contributed by atoms with E-state index in [0.29, 0.717) is 28.2 Å². The van der Waals surface area contributed by atoms with Crippen LogP contribution in [0.15, 0.2) is 53.7 Å². The van der Waals surface area contributed by atoms with Gasteiger partial charge >= 0.3 is 6.18 Å². The highest BCUT2D eigenvalue weighted by Crippen LogP contribution is 2.38. The van der Waals surface area contributed by atoms with Gasteiger partial charge in [-0.25, -0.2) is 0 Å². The molecule has 0 radical (unpaired) electrons. The fraction of sp³-hybridized carbons (Fsp3) is 0.267. The third-order valence-corrected chi connectivity index (χ3v) is 7.80. The van der Waals surface area contributed by atoms with Gasteiger partial charge in [0.25, 0.3) is 5.91 Å². The Bertz CT molecular complexity index is 1710. The molecule has 0 atom stereocenters. The van der Waals surface area contributed by atoms with Crippen molar-refractivity contribution in [3.63, 3.8) is 0 Å². The molecule has 2 amide bonds. The Morgan fingerprint density at radius 2 is 1.64 bits per heavy atom. The number of nitrogens with one attached hydrogen (secondary N) is 2. The van der Waals surface area contributed by atoms with E-state index in [1.807, 2.05) is 32.0 Å². The predicted molar refractivity (Wildman–Crippen MR) is 164 cm³/mol. The molecule has 15 heteroatoms. The van der Waals surface area contributed by atoms with Crippen molar-refractivity contribution in [2.75, 3.05) is 32.4 Å². The lowest BCUT2D eigenvalue weighted by atomic mass is 10.1. The van der Waals surface area contributed by atoms with Crippen molar-refractivity contribution in [3.8, 4) is 22.9 Å². The van der Waals surface area contributed by atoms with Gasteiger partial charge in [-0.05, 0) is 61.4 Å². The van der Waals surface area contributed by atoms with Crippen LogP contribution in [0.2, 0.25) is 5.02 Å². The van der Waals surface area contributed by atoms with Crippen molar-refractivity contribution < 1.29 is 37.0 Å². The molecule has 0 saturated heterocycles. The Hall–Kier alpha value is -4.43. The minimum atomic E-state index is -4.60. The van der Waals surface area contributed by atoms with Gasteiger partial charge in [0, 0.05) is 5.56 Å². The number of nitrogens with zero attached hydrogens (tertiary/aromatic N) is 3. The maximum atomic E-state index is 13.2. The van der Waals surface area contributed by atoms with E-state index in [-0.39, 0.29) is 28.6 Å². The minimum Gasteiger partial charge on any atom is -0.493 e. The molecule has 0 unspecified atom stereocenters. The van der Waals surface area contributed by atoms with Crippen molar-refractivity contribution in [2.45, 2.75) is 31.7 Å². The smallest absolute Gasteiger partial charge is 0.416 e. The maximum absolute atomic E-state index is 13.2. The summed E-state index contributed by atoms with van der Waals surface area (Å²) in [7, 11) is 4.35. The quantitative estimate of drug-likeness (QED) is 0.181. The second-order valence-electron chi connectivity index (χ2n) is 9.65. The Morgan fingerprint density at radius 3 is 2.27 bits per heavy atom. The molecule has 4 aromatic rings. The van der Waals surface area contributed by atoms with Gasteiger partial charge in [0.2, 0.25) is 11.7 Å². The number of methoxy groups -OCH3 is 3. The third-order valence-electron chi connectivity index (χ3n) is 6.54. The number of thioether (sulfide) groups is 1. The number of carbonyl (C=O) groups excluding carboxylic acids is 2. The molecule has 238 valence electrons. The topological polar surface area (TPSA) is 117 Å². The van der Waals surface area contributed by atoms with E-state index in [4.69, 9.17) is 25.8 Å². The highest BCUT2D eigenvalue weighted by molar-refractivity contribution is 7.99. The van der Waals surface area contributed by atoms with Crippen LogP contribution in [-0.2, 0) is 17.5 Å². The van der Waals surface area contributed by atoms with Crippen molar-refractivity contribution in [1.82, 2.24) is 20.1 Å². The van der Waals surface area contributed by atoms with Crippen LogP contribution < -0.4 is 24.8 Å². The first kappa shape index (κ1) is 33.5. The largest absolute Gasteiger partial charge is 0.493 e. The Kier molecular flexibility index (Phi) is 10.5. The van der Waals surface area contributed by atoms with Crippen LogP contribution in [0.3, 0.4) is 0 Å². The SMILES string of the molecule is COc1cc(C(=O)NCc2nnc(SCC(=O)Nc3cc(C(F)(F)F)ccc3Cl)n2-c2cc(C)ccc2C)cc(OC)c1OC. The van der Waals surface area contributed by atoms with E-state index >= 15 is 0 Å². The normalized spacial score (nSPS) is 11.2. The van der Waals surface area contributed by atoms with Gasteiger partial charge in [-0.1, -0.05) is 35.5 Å². The summed E-state index contributed by atoms with van der Waals surface area (Å²) < 4.78 is 57.2. The number of anilines is 1. The zero-order valence-corrected chi connectivity index (χ0v) is 26.4. The second-order valence-corrected chi connectivity index (χ2v) is 11.0. The number of aromatic nitrogens is 3. The zero-order valence-electron chi connectivity index (χ0n) is 24.8. The average molecular weight is 664 g/mol. The summed E-state index contributed by atoms with van der Waals surface area (Å²) in [6.45, 7) is 3.77. The van der Waals surface area contributed by atoms with Crippen LogP contribution in [-0.4, -0.2) is 53.7 Å². The first-order valence-electron chi connectivity index (χ1n) is 13.3. The third kappa shape index (κ3) is 7.81. The first-order valence-corrected chi connectivity index (χ1v) is 14.6. The van der Waals surface area contributed by atoms with E-state index in [0.717, 1.165) is 46.8 Å². The van der Waals surface area contributed by atoms with E-state index < -0.39 is 23.6 Å². The molecule has 3 aromatic carbocycles. The zero-order chi connectivity index (χ0) is 32.9. The van der Waals surface area contributed by atoms with Gasteiger partial charge in [0.05, 0.1) is 55.6 Å². The lowest BCUT2D eigenvalue weighted by Crippen LogP contribution is -2.25. The van der Waals surface area contributed by atoms with Gasteiger partial charge < -0.3 is 24.8 Å². The summed E-state index contributed by atoms with van der Waals surface area (Å²) in [5.74, 6) is 0.0617. The van der Waals surface area contributed by atoms with E-state index in [1.165, 1.54) is 33.5 Å². The van der Waals surface area contributed by atoms with Gasteiger partial charge in [0.15, 0.2) is 22.5 Å². The molecule has 0 spiro atoms. The van der Waals surface area contributed by atoms with Crippen LogP contribution in [0.1, 0.15) is 32.9 Å². The van der Waals surface area contributed by atoms with Crippen molar-refractivity contribution in [3.05, 3.63) is 81.6 Å². The van der Waals surface area contributed by atoms with Crippen molar-refractivity contribution >= 4 is 40.9 Å². The summed E-state index contributed by atoms with van der Waals surface area (Å²) in [6, 6.07) is 11.5. The molecule has 1 heterocycles. The predicted octanol–water partition coefficient (Wildman–Crippen LogP) is 6.24. The summed E-state index contributed by atoms with van der Waals surface area (Å²) in [6.07, 6.45) is -4.60. The summed E-state index contributed by atoms with van der Waals surface area (Å²) in [4.78, 5) is 26.0. The molecule has 0 aliphatic rings. The Labute approximate surface area is 266 Å². The molecule has 0 bridgehead atoms. The number of benzene rings is 3. The minimum absolute atomic E-state index is 0.0370. The number of rotatable bonds is 11. The number of hydrogen-bond acceptors (Lipinski definition) is 8. The fourth-order valence-corrected chi connectivity index (χ4v) is 5.23. The van der Waals surface area contributed by atoms with Gasteiger partial charge in [0.1, 0.15) is 0 Å². The summed E-state index contributed by atoms with van der Waals surface area (Å²) in [5.41, 5.74) is 1.69. The van der Waals surface area contributed by atoms with Crippen molar-refractivity contribution in [2.24, 2.45) is 0 Å². The van der Waals surface area contributed by atoms with Crippen LogP contribution in [0.5, 0.6) is 17.2 Å². The van der Waals surface area contributed by atoms with Crippen LogP contribution in [0, 0.1) is 13.8 Å². The number of amides is 2. The molecule has 4 rings (SSSR count). The van der Waals surface area contributed by atoms with E-state index in [1.54, 1.807) is 4.57 Å². The van der Waals surface area contributed by atoms with Crippen LogP contribution in [0.4, 0.5) is 18.9 Å². The van der Waals surface area contributed by atoms with Gasteiger partial charge in [-0.15, -0.1) is 10.2 Å². The van der Waals surface area contributed by atoms with E-state index in [2.05, 4.69) is 20.8 Å². The molecular weight excluding hydrogens is 635 g/mol. The average Bonchev–Trinajstić information content (AvgIpc) is 3.42. The lowest BCUT2D eigenvalue weighted by Gasteiger charge is -2.15. The highest BCUT2D eigenvalue weighted by atomic mass is 35.5. The molecule has 0 aliphatic heterocycles. The summed E-state index contributed by atoms with van der Waals surface area (Å²) in [5, 5.41) is 14.1. The van der Waals surface area contributed by atoms with Crippen LogP contribution in [0.25, 0.3) is 5.69 Å². The molecule has 2 N–H and O–H groups in total. The molecule has 45 heavy (non-hydrogen) atoms. The Balaban J connectivity index is 1.57. The van der Waals surface area contributed by atoms with Gasteiger partial charge in [-0.3, -0.25) is 14.2 Å². The Morgan fingerprint density at radius 1 is 0.956 bits per heavy atom. The monoisotopic (exact) mass is 663 g/mol. The molecule has 1 aromatic heterocycles. The lowest BCUT2D eigenvalue weighted by molar-refractivity contribution is -0.137. The molecule has 0 aliphatic carbocycles. The number of ether oxygens (including phenoxy) is 3. The molecule has 0 fully saturated rings. The number of aryl methyl sites for hydroxylation is 2. The summed E-state index contributed by atoms with van der Waals surface area (Å²) >= 11 is 7.05. The molecular formula is C30H29ClF3N5O5S. The highest BCUT2D eigenvalue weighted by Gasteiger charge is 2.31. The number of halogens is 4. The first-order chi connectivity index (χ1) is 21.4. The van der Waals surface area contributed by atoms with Crippen molar-refractivity contribution in [1.29, 1.82) is 0 Å². The molecule has 0 saturated carbocycles. The fourth-order valence-electron chi connectivity index (χ4n) is 4.30. The standard InChI is InChI=1S/C30H29ClF3N5O5S/c1-16-6-7-17(2)22(10-16)39-25(14-35-28(41)18-11-23(42-3)27(44-5)24(12-18)43-4)37-38-29(39)45-15-26(40)36-21-13-19(30(32,33)34)8-9-20(21)31/h6-13H,14-15H2,1-5H3,(H,35,41)(H,36,40). The molecule has 10 nitrogen and oxygen atoms in total. The number of alkyl halides is 3. The maximum Gasteiger partial charge on any atom is 0.416 e. The number of hydrogen-bond donors (Lipinski definition) is 2. The number of carbonyl (C=O) groups is 2. The van der Waals surface area contributed by atoms with E-state index in [9.17, 15) is 22.8 Å². The van der Waals surface area contributed by atoms with Gasteiger partial charge in [-0.2, -0.15) is 13.2 Å².